The maximum Gasteiger partial charge on any atom is 0.244 e. The van der Waals surface area contributed by atoms with E-state index in [4.69, 9.17) is 5.41 Å². The number of guanidine groups is 1. The summed E-state index contributed by atoms with van der Waals surface area (Å²) in [4.78, 5) is 6.85. The molecule has 0 aromatic rings. The van der Waals surface area contributed by atoms with E-state index in [0.29, 0.717) is 0 Å². The average Bonchev–Trinajstić information content (AvgIpc) is 1.69. The Morgan fingerprint density at radius 1 is 1.29 bits per heavy atom. The SMILES string of the molecule is N=C1N=C[N]C=N1. The third-order valence-electron chi connectivity index (χ3n) is 0.493. The van der Waals surface area contributed by atoms with Crippen LogP contribution < -0.4 is 5.32 Å². The van der Waals surface area contributed by atoms with Crippen LogP contribution in [0.15, 0.2) is 9.98 Å². The molecule has 1 radical (unpaired) electrons. The van der Waals surface area contributed by atoms with Crippen LogP contribution in [0.25, 0.3) is 0 Å². The van der Waals surface area contributed by atoms with E-state index in [-0.39, 0.29) is 5.96 Å². The largest absolute Gasteiger partial charge is 0.265 e. The highest BCUT2D eigenvalue weighted by atomic mass is 15.1. The lowest BCUT2D eigenvalue weighted by Crippen LogP contribution is -2.06. The van der Waals surface area contributed by atoms with E-state index in [9.17, 15) is 0 Å². The van der Waals surface area contributed by atoms with E-state index in [1.807, 2.05) is 0 Å². The summed E-state index contributed by atoms with van der Waals surface area (Å²) in [6.45, 7) is 0. The van der Waals surface area contributed by atoms with Crippen LogP contribution in [0, 0.1) is 5.41 Å². The lowest BCUT2D eigenvalue weighted by atomic mass is 10.9. The molecule has 4 nitrogen and oxygen atoms in total. The van der Waals surface area contributed by atoms with Crippen molar-refractivity contribution in [1.82, 2.24) is 5.32 Å². The normalized spacial score (nSPS) is 16.9. The van der Waals surface area contributed by atoms with Crippen LogP contribution in [0.2, 0.25) is 0 Å². The van der Waals surface area contributed by atoms with Gasteiger partial charge >= 0.3 is 0 Å². The molecule has 0 aromatic carbocycles. The van der Waals surface area contributed by atoms with Gasteiger partial charge in [0.15, 0.2) is 0 Å². The third-order valence-corrected chi connectivity index (χ3v) is 0.493. The van der Waals surface area contributed by atoms with Gasteiger partial charge in [-0.05, 0) is 0 Å². The Balaban J connectivity index is 2.66. The molecular weight excluding hydrogens is 92.1 g/mol. The van der Waals surface area contributed by atoms with Gasteiger partial charge in [0.2, 0.25) is 5.96 Å². The van der Waals surface area contributed by atoms with Gasteiger partial charge in [0, 0.05) is 0 Å². The molecule has 0 aliphatic carbocycles. The average molecular weight is 95.1 g/mol. The van der Waals surface area contributed by atoms with Crippen molar-refractivity contribution < 1.29 is 0 Å². The molecule has 4 heteroatoms. The van der Waals surface area contributed by atoms with Crippen LogP contribution in [0.3, 0.4) is 0 Å². The fraction of sp³-hybridized carbons (Fsp3) is 0. The van der Waals surface area contributed by atoms with Gasteiger partial charge in [0.05, 0.1) is 0 Å². The van der Waals surface area contributed by atoms with Gasteiger partial charge in [-0.2, -0.15) is 9.98 Å². The zero-order chi connectivity index (χ0) is 5.11. The highest BCUT2D eigenvalue weighted by Crippen LogP contribution is 1.77. The van der Waals surface area contributed by atoms with Crippen LogP contribution in [-0.4, -0.2) is 18.6 Å². The predicted octanol–water partition coefficient (Wildman–Crippen LogP) is -0.404. The summed E-state index contributed by atoms with van der Waals surface area (Å²) in [6.07, 6.45) is 2.57. The summed E-state index contributed by atoms with van der Waals surface area (Å²) in [7, 11) is 0. The van der Waals surface area contributed by atoms with Gasteiger partial charge in [-0.3, -0.25) is 5.41 Å². The van der Waals surface area contributed by atoms with Gasteiger partial charge in [-0.1, -0.05) is 0 Å². The first kappa shape index (κ1) is 3.98. The van der Waals surface area contributed by atoms with Crippen molar-refractivity contribution in [1.29, 1.82) is 5.41 Å². The number of nitrogens with zero attached hydrogens (tertiary/aromatic N) is 3. The van der Waals surface area contributed by atoms with Crippen molar-refractivity contribution in [2.45, 2.75) is 0 Å². The molecule has 0 fully saturated rings. The zero-order valence-electron chi connectivity index (χ0n) is 3.50. The molecule has 0 bridgehead atoms. The number of hydrogen-bond donors (Lipinski definition) is 1. The first-order chi connectivity index (χ1) is 3.39. The van der Waals surface area contributed by atoms with Crippen LogP contribution in [0.5, 0.6) is 0 Å². The minimum absolute atomic E-state index is 0.00926. The Bertz CT molecular complexity index is 120. The Morgan fingerprint density at radius 3 is 2.14 bits per heavy atom. The molecule has 1 heterocycles. The second-order valence-electron chi connectivity index (χ2n) is 0.962. The molecular formula is C3H3N4. The van der Waals surface area contributed by atoms with Crippen molar-refractivity contribution in [3.63, 3.8) is 0 Å². The summed E-state index contributed by atoms with van der Waals surface area (Å²) in [5.41, 5.74) is 0. The molecule has 0 amide bonds. The molecule has 35 valence electrons. The first-order valence-electron chi connectivity index (χ1n) is 1.73. The monoisotopic (exact) mass is 95.0 g/mol. The molecule has 1 N–H and O–H groups in total. The molecule has 0 aromatic heterocycles. The summed E-state index contributed by atoms with van der Waals surface area (Å²) in [6, 6.07) is 0. The van der Waals surface area contributed by atoms with Gasteiger partial charge in [0.25, 0.3) is 0 Å². The molecule has 0 spiro atoms. The number of nitrogens with one attached hydrogen (secondary N) is 1. The Morgan fingerprint density at radius 2 is 1.86 bits per heavy atom. The van der Waals surface area contributed by atoms with Crippen molar-refractivity contribution in [3.8, 4) is 0 Å². The van der Waals surface area contributed by atoms with Crippen molar-refractivity contribution >= 4 is 18.6 Å². The van der Waals surface area contributed by atoms with Gasteiger partial charge in [-0.15, -0.1) is 0 Å². The molecule has 7 heavy (non-hydrogen) atoms. The van der Waals surface area contributed by atoms with E-state index in [1.165, 1.54) is 12.7 Å². The molecule has 0 saturated carbocycles. The second-order valence-corrected chi connectivity index (χ2v) is 0.962. The van der Waals surface area contributed by atoms with E-state index < -0.39 is 0 Å². The molecule has 1 aliphatic heterocycles. The zero-order valence-corrected chi connectivity index (χ0v) is 3.50. The topological polar surface area (TPSA) is 62.7 Å². The summed E-state index contributed by atoms with van der Waals surface area (Å²) in [5, 5.41) is 10.2. The standard InChI is InChI=1S/C3H3N4/c4-3-6-1-5-2-7-3/h1-2,4H. The highest BCUT2D eigenvalue weighted by molar-refractivity contribution is 5.97. The fourth-order valence-corrected chi connectivity index (χ4v) is 0.239. The summed E-state index contributed by atoms with van der Waals surface area (Å²) >= 11 is 0. The minimum atomic E-state index is 0.00926. The smallest absolute Gasteiger partial charge is 0.244 e. The van der Waals surface area contributed by atoms with Crippen molar-refractivity contribution in [3.05, 3.63) is 0 Å². The third kappa shape index (κ3) is 0.819. The predicted molar refractivity (Wildman–Crippen MR) is 26.8 cm³/mol. The Kier molecular flexibility index (Phi) is 0.856. The number of hydrogen-bond acceptors (Lipinski definition) is 1. The molecule has 1 rings (SSSR count). The lowest BCUT2D eigenvalue weighted by molar-refractivity contribution is 1.30. The Hall–Kier alpha value is -1.19. The molecule has 0 atom stereocenters. The maximum atomic E-state index is 6.73. The maximum absolute atomic E-state index is 6.73. The van der Waals surface area contributed by atoms with E-state index in [2.05, 4.69) is 15.3 Å². The van der Waals surface area contributed by atoms with Crippen molar-refractivity contribution in [2.75, 3.05) is 0 Å². The van der Waals surface area contributed by atoms with Gasteiger partial charge < -0.3 is 0 Å². The van der Waals surface area contributed by atoms with Crippen LogP contribution in [-0.2, 0) is 0 Å². The fourth-order valence-electron chi connectivity index (χ4n) is 0.239. The highest BCUT2D eigenvalue weighted by Gasteiger charge is 1.87. The van der Waals surface area contributed by atoms with E-state index in [1.54, 1.807) is 0 Å². The first-order valence-corrected chi connectivity index (χ1v) is 1.73. The number of aliphatic imine (C=N–C) groups is 2. The lowest BCUT2D eigenvalue weighted by Gasteiger charge is -1.90. The van der Waals surface area contributed by atoms with Crippen LogP contribution in [0.4, 0.5) is 0 Å². The number of rotatable bonds is 0. The summed E-state index contributed by atoms with van der Waals surface area (Å²) in [5.74, 6) is 0.00926. The van der Waals surface area contributed by atoms with Crippen LogP contribution >= 0.6 is 0 Å². The van der Waals surface area contributed by atoms with Crippen LogP contribution in [0.1, 0.15) is 0 Å². The van der Waals surface area contributed by atoms with Gasteiger partial charge in [-0.25, -0.2) is 5.32 Å². The van der Waals surface area contributed by atoms with Crippen molar-refractivity contribution in [2.24, 2.45) is 9.98 Å². The molecule has 1 aliphatic rings. The minimum Gasteiger partial charge on any atom is -0.265 e. The quantitative estimate of drug-likeness (QED) is 0.425. The summed E-state index contributed by atoms with van der Waals surface area (Å²) < 4.78 is 0. The molecule has 0 saturated heterocycles. The van der Waals surface area contributed by atoms with Gasteiger partial charge in [0.1, 0.15) is 12.7 Å². The Labute approximate surface area is 40.5 Å². The second kappa shape index (κ2) is 1.51. The molecule has 0 unspecified atom stereocenters. The van der Waals surface area contributed by atoms with E-state index >= 15 is 0 Å². The van der Waals surface area contributed by atoms with E-state index in [0.717, 1.165) is 0 Å².